The molecule has 0 saturated heterocycles. The number of fused-ring (bicyclic) bond motifs is 1. The van der Waals surface area contributed by atoms with Crippen LogP contribution in [0.2, 0.25) is 0 Å². The van der Waals surface area contributed by atoms with Crippen LogP contribution in [0.15, 0.2) is 30.7 Å². The number of pyridine rings is 2. The lowest BCUT2D eigenvalue weighted by Gasteiger charge is -2.11. The number of esters is 1. The van der Waals surface area contributed by atoms with E-state index >= 15 is 0 Å². The van der Waals surface area contributed by atoms with Gasteiger partial charge in [0.25, 0.3) is 0 Å². The molecule has 11 heteroatoms. The molecule has 0 atom stereocenters. The Hall–Kier alpha value is -3.21. The molecule has 0 aromatic carbocycles. The van der Waals surface area contributed by atoms with Crippen molar-refractivity contribution < 1.29 is 32.2 Å². The number of nitrogens with zero attached hydrogens (tertiary/aromatic N) is 4. The van der Waals surface area contributed by atoms with E-state index in [2.05, 4.69) is 19.8 Å². The number of ether oxygens (including phenoxy) is 3. The molecule has 0 unspecified atom stereocenters. The molecule has 8 nitrogen and oxygen atoms in total. The Balaban J connectivity index is 1.64. The maximum Gasteiger partial charge on any atom is 0.411 e. The molecule has 0 radical (unpaired) electrons. The molecule has 0 N–H and O–H groups in total. The maximum absolute atomic E-state index is 12.1. The van der Waals surface area contributed by atoms with Crippen molar-refractivity contribution in [1.82, 2.24) is 19.7 Å². The number of rotatable bonds is 9. The summed E-state index contributed by atoms with van der Waals surface area (Å²) in [6.07, 6.45) is 0.449. The van der Waals surface area contributed by atoms with E-state index in [1.54, 1.807) is 37.0 Å². The minimum atomic E-state index is -4.36. The molecule has 0 aliphatic heterocycles. The van der Waals surface area contributed by atoms with Crippen LogP contribution in [-0.4, -0.2) is 58.3 Å². The normalized spacial score (nSPS) is 11.6. The third-order valence-electron chi connectivity index (χ3n) is 4.11. The number of carbonyl (C=O) groups excluding carboxylic acids is 1. The smallest absolute Gasteiger partial charge is 0.411 e. The molecule has 31 heavy (non-hydrogen) atoms. The summed E-state index contributed by atoms with van der Waals surface area (Å²) in [4.78, 5) is 20.4. The average Bonchev–Trinajstić information content (AvgIpc) is 3.10. The first kappa shape index (κ1) is 22.5. The monoisotopic (exact) mass is 438 g/mol. The summed E-state index contributed by atoms with van der Waals surface area (Å²) in [5, 5.41) is 5.04. The molecule has 0 bridgehead atoms. The second-order valence-corrected chi connectivity index (χ2v) is 6.62. The van der Waals surface area contributed by atoms with E-state index in [9.17, 15) is 18.0 Å². The Morgan fingerprint density at radius 1 is 1.23 bits per heavy atom. The van der Waals surface area contributed by atoms with Crippen molar-refractivity contribution in [2.24, 2.45) is 0 Å². The van der Waals surface area contributed by atoms with Crippen molar-refractivity contribution in [3.8, 4) is 5.88 Å². The Morgan fingerprint density at radius 2 is 2.03 bits per heavy atom. The number of carbonyl (C=O) groups is 1. The van der Waals surface area contributed by atoms with Crippen LogP contribution in [0.5, 0.6) is 5.88 Å². The maximum atomic E-state index is 12.1. The van der Waals surface area contributed by atoms with Gasteiger partial charge in [0.15, 0.2) is 5.69 Å². The van der Waals surface area contributed by atoms with Crippen LogP contribution in [0.25, 0.3) is 10.9 Å². The van der Waals surface area contributed by atoms with Crippen molar-refractivity contribution in [1.29, 1.82) is 0 Å². The van der Waals surface area contributed by atoms with Gasteiger partial charge < -0.3 is 14.2 Å². The summed E-state index contributed by atoms with van der Waals surface area (Å²) >= 11 is 0. The lowest BCUT2D eigenvalue weighted by molar-refractivity contribution is -0.175. The topological polar surface area (TPSA) is 88.4 Å². The van der Waals surface area contributed by atoms with Gasteiger partial charge in [0.2, 0.25) is 5.88 Å². The Kier molecular flexibility index (Phi) is 7.06. The summed E-state index contributed by atoms with van der Waals surface area (Å²) < 4.78 is 52.7. The molecular formula is C20H21F3N4O4. The lowest BCUT2D eigenvalue weighted by atomic mass is 10.2. The van der Waals surface area contributed by atoms with Crippen LogP contribution < -0.4 is 4.74 Å². The van der Waals surface area contributed by atoms with Crippen LogP contribution >= 0.6 is 0 Å². The molecule has 3 heterocycles. The number of hydrogen-bond acceptors (Lipinski definition) is 7. The number of halogens is 3. The van der Waals surface area contributed by atoms with E-state index in [0.717, 1.165) is 11.1 Å². The van der Waals surface area contributed by atoms with Gasteiger partial charge >= 0.3 is 12.1 Å². The third-order valence-corrected chi connectivity index (χ3v) is 4.11. The highest BCUT2D eigenvalue weighted by Gasteiger charge is 2.27. The molecule has 166 valence electrons. The predicted molar refractivity (Wildman–Crippen MR) is 104 cm³/mol. The minimum Gasteiger partial charge on any atom is -0.475 e. The second-order valence-electron chi connectivity index (χ2n) is 6.62. The Bertz CT molecular complexity index is 1050. The molecule has 0 saturated carbocycles. The first-order valence-electron chi connectivity index (χ1n) is 9.49. The van der Waals surface area contributed by atoms with Crippen molar-refractivity contribution in [2.45, 2.75) is 26.6 Å². The number of aromatic nitrogens is 4. The highest BCUT2D eigenvalue weighted by atomic mass is 19.4. The number of aryl methyl sites for hydroxylation is 1. The fourth-order valence-corrected chi connectivity index (χ4v) is 2.87. The number of alkyl halides is 3. The molecule has 3 rings (SSSR count). The van der Waals surface area contributed by atoms with Gasteiger partial charge in [-0.25, -0.2) is 14.8 Å². The van der Waals surface area contributed by atoms with E-state index in [-0.39, 0.29) is 25.5 Å². The van der Waals surface area contributed by atoms with E-state index in [1.165, 1.54) is 6.20 Å². The molecule has 0 spiro atoms. The van der Waals surface area contributed by atoms with Crippen molar-refractivity contribution in [2.75, 3.05) is 26.4 Å². The van der Waals surface area contributed by atoms with Gasteiger partial charge in [-0.15, -0.1) is 0 Å². The van der Waals surface area contributed by atoms with E-state index in [0.29, 0.717) is 23.3 Å². The van der Waals surface area contributed by atoms with Crippen LogP contribution in [0.4, 0.5) is 13.2 Å². The summed E-state index contributed by atoms with van der Waals surface area (Å²) in [5.74, 6) is -0.190. The van der Waals surface area contributed by atoms with Gasteiger partial charge in [-0.3, -0.25) is 4.68 Å². The molecule has 0 fully saturated rings. The van der Waals surface area contributed by atoms with E-state index in [4.69, 9.17) is 9.47 Å². The van der Waals surface area contributed by atoms with Crippen LogP contribution in [0.3, 0.4) is 0 Å². The molecular weight excluding hydrogens is 417 g/mol. The Morgan fingerprint density at radius 3 is 2.74 bits per heavy atom. The van der Waals surface area contributed by atoms with Crippen molar-refractivity contribution in [3.63, 3.8) is 0 Å². The number of hydrogen-bond donors (Lipinski definition) is 0. The zero-order chi connectivity index (χ0) is 22.4. The quantitative estimate of drug-likeness (QED) is 0.374. The van der Waals surface area contributed by atoms with Gasteiger partial charge in [0.1, 0.15) is 13.2 Å². The van der Waals surface area contributed by atoms with Crippen molar-refractivity contribution in [3.05, 3.63) is 47.5 Å². The molecule has 3 aromatic heterocycles. The van der Waals surface area contributed by atoms with Gasteiger partial charge in [-0.2, -0.15) is 18.3 Å². The summed E-state index contributed by atoms with van der Waals surface area (Å²) in [6, 6.07) is 3.55. The Labute approximate surface area is 175 Å². The minimum absolute atomic E-state index is 0.0442. The first-order valence-corrected chi connectivity index (χ1v) is 9.49. The fraction of sp³-hybridized carbons (Fsp3) is 0.400. The van der Waals surface area contributed by atoms with Gasteiger partial charge in [0.05, 0.1) is 30.7 Å². The standard InChI is InChI=1S/C20H21F3N4O4/c1-3-30-19(28)17-15-11-27(26-16(15)4-5-24-17)10-14-8-13(2)18(25-9-14)31-7-6-29-12-20(21,22)23/h4-5,8-9,11H,3,6-7,10,12H2,1-2H3. The average molecular weight is 438 g/mol. The molecule has 0 amide bonds. The first-order chi connectivity index (χ1) is 14.8. The fourth-order valence-electron chi connectivity index (χ4n) is 2.87. The largest absolute Gasteiger partial charge is 0.475 e. The van der Waals surface area contributed by atoms with Crippen molar-refractivity contribution >= 4 is 16.9 Å². The molecule has 0 aliphatic carbocycles. The second kappa shape index (κ2) is 9.73. The highest BCUT2D eigenvalue weighted by Crippen LogP contribution is 2.20. The van der Waals surface area contributed by atoms with E-state index in [1.807, 2.05) is 6.07 Å². The van der Waals surface area contributed by atoms with Crippen LogP contribution in [0, 0.1) is 6.92 Å². The summed E-state index contributed by atoms with van der Waals surface area (Å²) in [7, 11) is 0. The molecule has 0 aliphatic rings. The molecule has 3 aromatic rings. The highest BCUT2D eigenvalue weighted by molar-refractivity contribution is 6.01. The summed E-state index contributed by atoms with van der Waals surface area (Å²) in [5.41, 5.74) is 2.37. The SMILES string of the molecule is CCOC(=O)c1nccc2nn(Cc3cnc(OCCOCC(F)(F)F)c(C)c3)cc12. The summed E-state index contributed by atoms with van der Waals surface area (Å²) in [6.45, 7) is 2.59. The third kappa shape index (κ3) is 6.14. The lowest BCUT2D eigenvalue weighted by Crippen LogP contribution is -2.19. The predicted octanol–water partition coefficient (Wildman–Crippen LogP) is 3.32. The van der Waals surface area contributed by atoms with Gasteiger partial charge in [-0.1, -0.05) is 0 Å². The van der Waals surface area contributed by atoms with Crippen LogP contribution in [-0.2, 0) is 16.0 Å². The van der Waals surface area contributed by atoms with Gasteiger partial charge in [0, 0.05) is 24.2 Å². The zero-order valence-corrected chi connectivity index (χ0v) is 17.0. The van der Waals surface area contributed by atoms with E-state index < -0.39 is 18.8 Å². The van der Waals surface area contributed by atoms with Crippen LogP contribution in [0.1, 0.15) is 28.5 Å². The van der Waals surface area contributed by atoms with Gasteiger partial charge in [-0.05, 0) is 31.5 Å². The zero-order valence-electron chi connectivity index (χ0n) is 17.0.